The van der Waals surface area contributed by atoms with Crippen LogP contribution in [0, 0.1) is 17.5 Å². The summed E-state index contributed by atoms with van der Waals surface area (Å²) in [7, 11) is 0. The van der Waals surface area contributed by atoms with E-state index in [2.05, 4.69) is 46.5 Å². The summed E-state index contributed by atoms with van der Waals surface area (Å²) in [4.78, 5) is 2.98. The first kappa shape index (κ1) is 44.7. The van der Waals surface area contributed by atoms with Gasteiger partial charge in [0, 0.05) is 28.8 Å². The summed E-state index contributed by atoms with van der Waals surface area (Å²) in [6.07, 6.45) is 17.9. The zero-order valence-corrected chi connectivity index (χ0v) is 32.2. The van der Waals surface area contributed by atoms with Crippen LogP contribution in [0.2, 0.25) is 0 Å². The van der Waals surface area contributed by atoms with Gasteiger partial charge in [-0.3, -0.25) is 4.94 Å². The van der Waals surface area contributed by atoms with Crippen molar-refractivity contribution in [3.8, 4) is 34.1 Å². The van der Waals surface area contributed by atoms with Gasteiger partial charge in [-0.1, -0.05) is 103 Å². The van der Waals surface area contributed by atoms with Gasteiger partial charge in [-0.25, -0.2) is 17.6 Å². The molecular formula is C43H61F5O4. The largest absolute Gasteiger partial charge is 0.490 e. The number of alkyl halides is 1. The first-order chi connectivity index (χ1) is 25.1. The smallest absolute Gasteiger partial charge is 0.194 e. The molecule has 0 aliphatic carbocycles. The zero-order chi connectivity index (χ0) is 38.3. The Morgan fingerprint density at radius 2 is 0.962 bits per heavy atom. The van der Waals surface area contributed by atoms with Crippen molar-refractivity contribution in [2.45, 2.75) is 163 Å². The van der Waals surface area contributed by atoms with Crippen LogP contribution >= 0.6 is 0 Å². The molecule has 0 heterocycles. The summed E-state index contributed by atoms with van der Waals surface area (Å²) in [5.41, 5.74) is 2.58. The second kappa shape index (κ2) is 25.5. The number of halogens is 5. The van der Waals surface area contributed by atoms with E-state index in [1.54, 1.807) is 0 Å². The molecule has 3 rings (SSSR count). The molecule has 0 aliphatic rings. The molecule has 4 nitrogen and oxygen atoms in total. The number of hydrogen-bond donors (Lipinski definition) is 0. The lowest BCUT2D eigenvalue weighted by molar-refractivity contribution is -0.00711. The first-order valence-corrected chi connectivity index (χ1v) is 19.3. The molecule has 3 aromatic carbocycles. The highest BCUT2D eigenvalue weighted by Crippen LogP contribution is 2.44. The van der Waals surface area contributed by atoms with Crippen LogP contribution < -0.4 is 19.2 Å². The molecule has 0 N–H and O–H groups in total. The van der Waals surface area contributed by atoms with E-state index in [4.69, 9.17) is 14.2 Å². The molecule has 0 amide bonds. The van der Waals surface area contributed by atoms with Gasteiger partial charge in [0.15, 0.2) is 23.2 Å². The Labute approximate surface area is 309 Å². The third kappa shape index (κ3) is 16.5. The minimum Gasteiger partial charge on any atom is -0.490 e. The van der Waals surface area contributed by atoms with Gasteiger partial charge in [0.2, 0.25) is 0 Å². The lowest BCUT2D eigenvalue weighted by Crippen LogP contribution is -2.16. The van der Waals surface area contributed by atoms with E-state index in [1.807, 2.05) is 36.4 Å². The Morgan fingerprint density at radius 1 is 0.538 bits per heavy atom. The third-order valence-electron chi connectivity index (χ3n) is 8.87. The van der Waals surface area contributed by atoms with E-state index in [-0.39, 0.29) is 18.3 Å². The normalized spacial score (nSPS) is 12.8. The first-order valence-electron chi connectivity index (χ1n) is 19.3. The van der Waals surface area contributed by atoms with Crippen LogP contribution in [-0.2, 0) is 6.67 Å². The van der Waals surface area contributed by atoms with Gasteiger partial charge in [0.1, 0.15) is 23.9 Å². The van der Waals surface area contributed by atoms with Gasteiger partial charge in [-0.05, 0) is 70.4 Å². The van der Waals surface area contributed by atoms with Gasteiger partial charge in [-0.2, -0.15) is 0 Å². The van der Waals surface area contributed by atoms with Crippen LogP contribution in [-0.4, -0.2) is 18.3 Å². The molecule has 9 heteroatoms. The second-order valence-electron chi connectivity index (χ2n) is 13.7. The van der Waals surface area contributed by atoms with Crippen LogP contribution in [0.4, 0.5) is 22.1 Å². The Bertz CT molecular complexity index is 1340. The Balaban J connectivity index is 0.000000722. The fourth-order valence-electron chi connectivity index (χ4n) is 5.86. The van der Waals surface area contributed by atoms with Crippen molar-refractivity contribution in [2.24, 2.45) is 0 Å². The van der Waals surface area contributed by atoms with Crippen molar-refractivity contribution in [1.82, 2.24) is 0 Å². The number of benzene rings is 3. The Kier molecular flexibility index (Phi) is 21.9. The van der Waals surface area contributed by atoms with Gasteiger partial charge in [0.05, 0.1) is 23.9 Å². The van der Waals surface area contributed by atoms with Crippen LogP contribution in [0.1, 0.15) is 143 Å². The molecule has 0 spiro atoms. The molecule has 0 bridgehead atoms. The van der Waals surface area contributed by atoms with E-state index in [9.17, 15) is 22.1 Å². The summed E-state index contributed by atoms with van der Waals surface area (Å²) in [5, 5.41) is 0. The van der Waals surface area contributed by atoms with Gasteiger partial charge >= 0.3 is 0 Å². The molecule has 292 valence electrons. The maximum Gasteiger partial charge on any atom is 0.194 e. The molecule has 0 aliphatic heterocycles. The highest BCUT2D eigenvalue weighted by molar-refractivity contribution is 5.78. The Hall–Kier alpha value is -3.49. The molecule has 0 radical (unpaired) electrons. The average molecular weight is 737 g/mol. The van der Waals surface area contributed by atoms with Crippen LogP contribution in [0.25, 0.3) is 11.1 Å². The molecule has 0 aromatic heterocycles. The molecule has 3 aromatic rings. The summed E-state index contributed by atoms with van der Waals surface area (Å²) in [5.74, 6) is -2.98. The minimum absolute atomic E-state index is 0.0664. The van der Waals surface area contributed by atoms with Crippen molar-refractivity contribution in [3.05, 3.63) is 71.5 Å². The predicted molar refractivity (Wildman–Crippen MR) is 201 cm³/mol. The fourth-order valence-corrected chi connectivity index (χ4v) is 5.86. The van der Waals surface area contributed by atoms with Crippen molar-refractivity contribution in [3.63, 3.8) is 0 Å². The Morgan fingerprint density at radius 3 is 1.35 bits per heavy atom. The highest BCUT2D eigenvalue weighted by Gasteiger charge is 2.21. The molecule has 0 saturated carbocycles. The molecule has 0 saturated heterocycles. The predicted octanol–water partition coefficient (Wildman–Crippen LogP) is 14.4. The summed E-state index contributed by atoms with van der Waals surface area (Å²) < 4.78 is 80.9. The molecule has 52 heavy (non-hydrogen) atoms. The standard InChI is InChI=1S/C37H59FO3.C6H2F4O/c1-7-10-13-16-19-29(4)39-34-26-35(40-30(5)20-17-14-11-8-2)37(33-24-22-32(28-38)23-25-33)36(27-34)41-31(6)21-18-15-12-9-3;7-4-1-3(11-10)2-5(8)6(4)9/h22-27,29-31H,7-21,28H2,1-6H3;1-2H/t29-,30+,31+;/m1./s1. The SMILES string of the molecule is CCCCCC[C@@H](C)Oc1cc(O[C@@H](C)CCCCCC)c(-c2ccc(CF)cc2)c(O[C@@H](C)CCCCCC)c1.FOc1cc(F)c(F)c(F)c1. The van der Waals surface area contributed by atoms with Gasteiger partial charge < -0.3 is 14.2 Å². The molecule has 0 unspecified atom stereocenters. The third-order valence-corrected chi connectivity index (χ3v) is 8.87. The van der Waals surface area contributed by atoms with Crippen molar-refractivity contribution < 1.29 is 41.2 Å². The van der Waals surface area contributed by atoms with E-state index < -0.39 is 29.9 Å². The zero-order valence-electron chi connectivity index (χ0n) is 32.2. The lowest BCUT2D eigenvalue weighted by atomic mass is 10.0. The molecule has 3 atom stereocenters. The van der Waals surface area contributed by atoms with Gasteiger partial charge in [0.25, 0.3) is 0 Å². The van der Waals surface area contributed by atoms with Gasteiger partial charge in [-0.15, -0.1) is 0 Å². The fraction of sp³-hybridized carbons (Fsp3) is 0.581. The minimum atomic E-state index is -1.65. The maximum absolute atomic E-state index is 13.3. The van der Waals surface area contributed by atoms with Crippen LogP contribution in [0.15, 0.2) is 48.5 Å². The molecular weight excluding hydrogens is 675 g/mol. The van der Waals surface area contributed by atoms with Crippen molar-refractivity contribution in [2.75, 3.05) is 0 Å². The summed E-state index contributed by atoms with van der Waals surface area (Å²) in [6, 6.07) is 12.6. The van der Waals surface area contributed by atoms with Crippen LogP contribution in [0.5, 0.6) is 23.0 Å². The van der Waals surface area contributed by atoms with Crippen LogP contribution in [0.3, 0.4) is 0 Å². The quantitative estimate of drug-likeness (QED) is 0.0521. The highest BCUT2D eigenvalue weighted by atomic mass is 19.3. The number of hydrogen-bond acceptors (Lipinski definition) is 4. The lowest BCUT2D eigenvalue weighted by Gasteiger charge is -2.24. The van der Waals surface area contributed by atoms with E-state index in [1.165, 1.54) is 64.2 Å². The maximum atomic E-state index is 13.3. The van der Waals surface area contributed by atoms with E-state index in [0.29, 0.717) is 17.7 Å². The average Bonchev–Trinajstić information content (AvgIpc) is 3.13. The number of rotatable bonds is 24. The topological polar surface area (TPSA) is 36.9 Å². The number of ether oxygens (including phenoxy) is 3. The monoisotopic (exact) mass is 736 g/mol. The second-order valence-corrected chi connectivity index (χ2v) is 13.7. The van der Waals surface area contributed by atoms with E-state index in [0.717, 1.165) is 60.5 Å². The summed E-state index contributed by atoms with van der Waals surface area (Å²) >= 11 is 0. The van der Waals surface area contributed by atoms with E-state index >= 15 is 0 Å². The number of unbranched alkanes of at least 4 members (excludes halogenated alkanes) is 9. The summed E-state index contributed by atoms with van der Waals surface area (Å²) in [6.45, 7) is 12.7. The molecule has 0 fully saturated rings. The van der Waals surface area contributed by atoms with Crippen molar-refractivity contribution in [1.29, 1.82) is 0 Å². The van der Waals surface area contributed by atoms with Crippen molar-refractivity contribution >= 4 is 0 Å².